The van der Waals surface area contributed by atoms with Crippen LogP contribution >= 0.6 is 11.3 Å². The first kappa shape index (κ1) is 16.0. The Balaban J connectivity index is 2.30. The molecule has 6 heteroatoms. The molecule has 2 aromatic rings. The van der Waals surface area contributed by atoms with Crippen LogP contribution in [0.1, 0.15) is 32.1 Å². The van der Waals surface area contributed by atoms with Crippen LogP contribution in [-0.2, 0) is 0 Å². The zero-order valence-corrected chi connectivity index (χ0v) is 14.0. The number of aliphatic hydroxyl groups is 1. The van der Waals surface area contributed by atoms with Crippen molar-refractivity contribution in [3.63, 3.8) is 0 Å². The summed E-state index contributed by atoms with van der Waals surface area (Å²) < 4.78 is 0. The van der Waals surface area contributed by atoms with Gasteiger partial charge in [0, 0.05) is 30.0 Å². The molecule has 3 N–H and O–H groups in total. The average Bonchev–Trinajstić information content (AvgIpc) is 2.83. The predicted molar refractivity (Wildman–Crippen MR) is 90.3 cm³/mol. The molecular formula is C15H24N4OS. The van der Waals surface area contributed by atoms with Crippen LogP contribution in [0, 0.1) is 12.3 Å². The molecule has 0 aromatic carbocycles. The topological polar surface area (TPSA) is 70.1 Å². The van der Waals surface area contributed by atoms with Gasteiger partial charge in [0.2, 0.25) is 5.95 Å². The normalized spacial score (nSPS) is 11.9. The third-order valence-corrected chi connectivity index (χ3v) is 4.16. The van der Waals surface area contributed by atoms with Gasteiger partial charge in [0.05, 0.1) is 5.39 Å². The molecule has 0 aliphatic rings. The van der Waals surface area contributed by atoms with E-state index in [0.29, 0.717) is 12.5 Å². The summed E-state index contributed by atoms with van der Waals surface area (Å²) in [5, 5.41) is 17.0. The fourth-order valence-corrected chi connectivity index (χ4v) is 2.75. The summed E-state index contributed by atoms with van der Waals surface area (Å²) in [6, 6.07) is 2.11. The number of aliphatic hydroxyl groups excluding tert-OH is 1. The van der Waals surface area contributed by atoms with Crippen molar-refractivity contribution >= 4 is 33.3 Å². The molecule has 0 radical (unpaired) electrons. The monoisotopic (exact) mass is 308 g/mol. The molecule has 21 heavy (non-hydrogen) atoms. The highest BCUT2D eigenvalue weighted by Gasteiger charge is 2.18. The molecule has 0 spiro atoms. The maximum absolute atomic E-state index is 9.38. The first-order valence-electron chi connectivity index (χ1n) is 7.32. The molecule has 0 aliphatic heterocycles. The Morgan fingerprint density at radius 1 is 1.29 bits per heavy atom. The largest absolute Gasteiger partial charge is 0.396 e. The number of nitrogens with one attached hydrogen (secondary N) is 2. The third-order valence-electron chi connectivity index (χ3n) is 3.21. The van der Waals surface area contributed by atoms with E-state index >= 15 is 0 Å². The minimum absolute atomic E-state index is 0.137. The summed E-state index contributed by atoms with van der Waals surface area (Å²) in [6.45, 7) is 9.89. The molecule has 2 aromatic heterocycles. The highest BCUT2D eigenvalue weighted by Crippen LogP contribution is 2.30. The number of aromatic nitrogens is 2. The highest BCUT2D eigenvalue weighted by molar-refractivity contribution is 7.18. The highest BCUT2D eigenvalue weighted by atomic mass is 32.1. The smallest absolute Gasteiger partial charge is 0.226 e. The Morgan fingerprint density at radius 2 is 2.05 bits per heavy atom. The number of rotatable bonds is 7. The molecule has 0 unspecified atom stereocenters. The lowest BCUT2D eigenvalue weighted by Gasteiger charge is -2.22. The van der Waals surface area contributed by atoms with Crippen molar-refractivity contribution in [1.29, 1.82) is 0 Å². The lowest BCUT2D eigenvalue weighted by Crippen LogP contribution is -2.27. The number of hydrogen-bond acceptors (Lipinski definition) is 6. The van der Waals surface area contributed by atoms with Crippen molar-refractivity contribution in [2.45, 2.75) is 34.1 Å². The van der Waals surface area contributed by atoms with Crippen LogP contribution in [0.25, 0.3) is 10.2 Å². The van der Waals surface area contributed by atoms with Crippen molar-refractivity contribution in [2.75, 3.05) is 30.3 Å². The summed E-state index contributed by atoms with van der Waals surface area (Å²) in [4.78, 5) is 11.4. The van der Waals surface area contributed by atoms with E-state index in [4.69, 9.17) is 0 Å². The minimum atomic E-state index is -0.181. The maximum atomic E-state index is 9.38. The second-order valence-electron chi connectivity index (χ2n) is 6.07. The van der Waals surface area contributed by atoms with Gasteiger partial charge >= 0.3 is 0 Å². The van der Waals surface area contributed by atoms with Crippen molar-refractivity contribution in [3.05, 3.63) is 10.9 Å². The molecule has 0 amide bonds. The Bertz CT molecular complexity index is 609. The lowest BCUT2D eigenvalue weighted by molar-refractivity contribution is 0.171. The second kappa shape index (κ2) is 6.58. The van der Waals surface area contributed by atoms with Crippen LogP contribution in [0.15, 0.2) is 6.07 Å². The number of thiophene rings is 1. The molecule has 0 fully saturated rings. The van der Waals surface area contributed by atoms with Crippen molar-refractivity contribution in [2.24, 2.45) is 5.41 Å². The molecule has 0 aliphatic carbocycles. The third kappa shape index (κ3) is 4.04. The van der Waals surface area contributed by atoms with Gasteiger partial charge in [0.25, 0.3) is 0 Å². The van der Waals surface area contributed by atoms with E-state index in [9.17, 15) is 5.11 Å². The summed E-state index contributed by atoms with van der Waals surface area (Å²) in [7, 11) is 0. The van der Waals surface area contributed by atoms with Gasteiger partial charge in [-0.15, -0.1) is 11.3 Å². The van der Waals surface area contributed by atoms with E-state index in [1.54, 1.807) is 11.3 Å². The van der Waals surface area contributed by atoms with Crippen molar-refractivity contribution < 1.29 is 5.11 Å². The Labute approximate surface area is 129 Å². The van der Waals surface area contributed by atoms with Crippen LogP contribution in [-0.4, -0.2) is 34.8 Å². The summed E-state index contributed by atoms with van der Waals surface area (Å²) in [5.74, 6) is 1.50. The summed E-state index contributed by atoms with van der Waals surface area (Å²) >= 11 is 1.67. The molecule has 2 rings (SSSR count). The first-order chi connectivity index (χ1) is 9.95. The van der Waals surface area contributed by atoms with Crippen LogP contribution in [0.5, 0.6) is 0 Å². The van der Waals surface area contributed by atoms with Gasteiger partial charge in [-0.1, -0.05) is 20.8 Å². The molecule has 0 saturated heterocycles. The predicted octanol–water partition coefficient (Wildman–Crippen LogP) is 3.25. The van der Waals surface area contributed by atoms with Gasteiger partial charge in [-0.3, -0.25) is 0 Å². The minimum Gasteiger partial charge on any atom is -0.396 e. The summed E-state index contributed by atoms with van der Waals surface area (Å²) in [6.07, 6.45) is 1.03. The van der Waals surface area contributed by atoms with E-state index in [1.165, 1.54) is 4.88 Å². The average molecular weight is 308 g/mol. The number of fused-ring (bicyclic) bond motifs is 1. The maximum Gasteiger partial charge on any atom is 0.226 e. The molecular weight excluding hydrogens is 284 g/mol. The Hall–Kier alpha value is -1.40. The fourth-order valence-electron chi connectivity index (χ4n) is 1.87. The number of hydrogen-bond donors (Lipinski definition) is 3. The van der Waals surface area contributed by atoms with Gasteiger partial charge in [-0.25, -0.2) is 4.98 Å². The Morgan fingerprint density at radius 3 is 2.71 bits per heavy atom. The molecule has 0 saturated carbocycles. The second-order valence-corrected chi connectivity index (χ2v) is 7.31. The van der Waals surface area contributed by atoms with Crippen molar-refractivity contribution in [3.8, 4) is 0 Å². The Kier molecular flexibility index (Phi) is 5.00. The molecule has 0 bridgehead atoms. The van der Waals surface area contributed by atoms with E-state index in [1.807, 2.05) is 13.8 Å². The van der Waals surface area contributed by atoms with E-state index in [0.717, 1.165) is 29.0 Å². The standard InChI is InChI=1S/C15H24N4OS/c1-5-6-16-14-18-12(17-8-15(3,4)9-20)11-7-10(2)21-13(11)19-14/h7,20H,5-6,8-9H2,1-4H3,(H2,16,17,18,19). The number of anilines is 2. The fraction of sp³-hybridized carbons (Fsp3) is 0.600. The quantitative estimate of drug-likeness (QED) is 0.732. The van der Waals surface area contributed by atoms with Gasteiger partial charge in [0.15, 0.2) is 0 Å². The zero-order chi connectivity index (χ0) is 15.5. The molecule has 0 atom stereocenters. The molecule has 116 valence electrons. The lowest BCUT2D eigenvalue weighted by atomic mass is 9.95. The zero-order valence-electron chi connectivity index (χ0n) is 13.2. The van der Waals surface area contributed by atoms with E-state index < -0.39 is 0 Å². The summed E-state index contributed by atoms with van der Waals surface area (Å²) in [5.41, 5.74) is -0.181. The van der Waals surface area contributed by atoms with Gasteiger partial charge in [-0.2, -0.15) is 4.98 Å². The van der Waals surface area contributed by atoms with Gasteiger partial charge < -0.3 is 15.7 Å². The first-order valence-corrected chi connectivity index (χ1v) is 8.13. The van der Waals surface area contributed by atoms with Crippen LogP contribution in [0.2, 0.25) is 0 Å². The number of aryl methyl sites for hydroxylation is 1. The van der Waals surface area contributed by atoms with Crippen LogP contribution in [0.3, 0.4) is 0 Å². The van der Waals surface area contributed by atoms with Gasteiger partial charge in [0.1, 0.15) is 10.6 Å². The molecule has 5 nitrogen and oxygen atoms in total. The van der Waals surface area contributed by atoms with Crippen LogP contribution < -0.4 is 10.6 Å². The molecule has 2 heterocycles. The van der Waals surface area contributed by atoms with Crippen molar-refractivity contribution in [1.82, 2.24) is 9.97 Å². The van der Waals surface area contributed by atoms with E-state index in [-0.39, 0.29) is 12.0 Å². The van der Waals surface area contributed by atoms with Gasteiger partial charge in [-0.05, 0) is 19.4 Å². The van der Waals surface area contributed by atoms with E-state index in [2.05, 4.69) is 40.5 Å². The SMILES string of the molecule is CCCNc1nc(NCC(C)(C)CO)c2cc(C)sc2n1. The van der Waals surface area contributed by atoms with Crippen LogP contribution in [0.4, 0.5) is 11.8 Å². The number of nitrogens with zero attached hydrogens (tertiary/aromatic N) is 2.